The molecule has 0 heterocycles. The first kappa shape index (κ1) is 23.9. The van der Waals surface area contributed by atoms with E-state index < -0.39 is 5.97 Å². The van der Waals surface area contributed by atoms with Crippen LogP contribution < -0.4 is 0 Å². The van der Waals surface area contributed by atoms with Crippen LogP contribution in [0.4, 0.5) is 0 Å². The van der Waals surface area contributed by atoms with Crippen LogP contribution in [0.15, 0.2) is 0 Å². The quantitative estimate of drug-likeness (QED) is 0.252. The highest BCUT2D eigenvalue weighted by Crippen LogP contribution is 2.18. The highest BCUT2D eigenvalue weighted by Gasteiger charge is 2.18. The Labute approximate surface area is 154 Å². The van der Waals surface area contributed by atoms with Gasteiger partial charge in [-0.2, -0.15) is 0 Å². The highest BCUT2D eigenvalue weighted by atomic mass is 16.5. The van der Waals surface area contributed by atoms with E-state index in [1.165, 1.54) is 64.2 Å². The molecule has 1 N–H and O–H groups in total. The Hall–Kier alpha value is -1.06. The zero-order valence-electron chi connectivity index (χ0n) is 16.7. The Morgan fingerprint density at radius 3 is 1.72 bits per heavy atom. The molecule has 0 radical (unpaired) electrons. The summed E-state index contributed by atoms with van der Waals surface area (Å²) in [7, 11) is 0. The molecular weight excluding hydrogens is 316 g/mol. The van der Waals surface area contributed by atoms with Crippen LogP contribution >= 0.6 is 0 Å². The molecule has 0 aromatic heterocycles. The molecule has 0 bridgehead atoms. The Morgan fingerprint density at radius 2 is 1.28 bits per heavy atom. The fourth-order valence-electron chi connectivity index (χ4n) is 2.97. The van der Waals surface area contributed by atoms with Crippen molar-refractivity contribution in [3.8, 4) is 0 Å². The molecule has 0 amide bonds. The van der Waals surface area contributed by atoms with Crippen LogP contribution in [0.1, 0.15) is 111 Å². The van der Waals surface area contributed by atoms with E-state index in [1.807, 2.05) is 13.8 Å². The van der Waals surface area contributed by atoms with E-state index in [1.54, 1.807) is 0 Å². The lowest BCUT2D eigenvalue weighted by atomic mass is 9.99. The second-order valence-corrected chi connectivity index (χ2v) is 7.49. The topological polar surface area (TPSA) is 63.6 Å². The number of carboxylic acid groups (broad SMARTS) is 1. The molecule has 0 rings (SSSR count). The molecule has 148 valence electrons. The van der Waals surface area contributed by atoms with Crippen molar-refractivity contribution in [2.45, 2.75) is 117 Å². The van der Waals surface area contributed by atoms with Gasteiger partial charge in [0.1, 0.15) is 6.10 Å². The van der Waals surface area contributed by atoms with E-state index in [2.05, 4.69) is 6.92 Å². The summed E-state index contributed by atoms with van der Waals surface area (Å²) in [5.74, 6) is -1.07. The van der Waals surface area contributed by atoms with Crippen LogP contribution in [-0.2, 0) is 14.3 Å². The zero-order valence-corrected chi connectivity index (χ0v) is 16.7. The largest absolute Gasteiger partial charge is 0.481 e. The van der Waals surface area contributed by atoms with Crippen molar-refractivity contribution < 1.29 is 19.4 Å². The molecule has 0 aliphatic rings. The van der Waals surface area contributed by atoms with Gasteiger partial charge in [-0.25, -0.2) is 0 Å². The summed E-state index contributed by atoms with van der Waals surface area (Å²) in [4.78, 5) is 22.2. The van der Waals surface area contributed by atoms with Crippen molar-refractivity contribution in [2.24, 2.45) is 5.92 Å². The number of unbranched alkanes of at least 4 members (excludes halogenated alkanes) is 10. The van der Waals surface area contributed by atoms with Crippen LogP contribution in [0.25, 0.3) is 0 Å². The lowest BCUT2D eigenvalue weighted by Crippen LogP contribution is -2.24. The molecule has 25 heavy (non-hydrogen) atoms. The number of carboxylic acids is 1. The molecule has 1 unspecified atom stereocenters. The second-order valence-electron chi connectivity index (χ2n) is 7.49. The first-order chi connectivity index (χ1) is 12.0. The summed E-state index contributed by atoms with van der Waals surface area (Å²) < 4.78 is 5.45. The number of ether oxygens (including phenoxy) is 1. The lowest BCUT2D eigenvalue weighted by molar-refractivity contribution is -0.154. The third-order valence-electron chi connectivity index (χ3n) is 4.66. The number of rotatable bonds is 17. The van der Waals surface area contributed by atoms with Gasteiger partial charge in [0.15, 0.2) is 0 Å². The van der Waals surface area contributed by atoms with Crippen LogP contribution in [0.2, 0.25) is 0 Å². The fourth-order valence-corrected chi connectivity index (χ4v) is 2.97. The molecule has 0 aromatic carbocycles. The average Bonchev–Trinajstić information content (AvgIpc) is 2.56. The summed E-state index contributed by atoms with van der Waals surface area (Å²) in [5, 5.41) is 8.61. The van der Waals surface area contributed by atoms with Crippen molar-refractivity contribution >= 4 is 11.9 Å². The molecule has 0 aliphatic heterocycles. The summed E-state index contributed by atoms with van der Waals surface area (Å²) >= 11 is 0. The van der Waals surface area contributed by atoms with Crippen LogP contribution in [0, 0.1) is 5.92 Å². The maximum atomic E-state index is 11.7. The van der Waals surface area contributed by atoms with Crippen molar-refractivity contribution in [3.05, 3.63) is 0 Å². The van der Waals surface area contributed by atoms with Gasteiger partial charge in [-0.15, -0.1) is 0 Å². The molecule has 1 atom stereocenters. The maximum absolute atomic E-state index is 11.7. The second kappa shape index (κ2) is 16.4. The molecule has 0 aliphatic carbocycles. The average molecular weight is 357 g/mol. The summed E-state index contributed by atoms with van der Waals surface area (Å²) in [6, 6.07) is 0. The van der Waals surface area contributed by atoms with Crippen molar-refractivity contribution in [1.29, 1.82) is 0 Å². The molecular formula is C21H40O4. The zero-order chi connectivity index (χ0) is 18.9. The molecule has 0 saturated heterocycles. The Balaban J connectivity index is 3.63. The van der Waals surface area contributed by atoms with E-state index in [0.717, 1.165) is 12.8 Å². The molecule has 4 heteroatoms. The minimum absolute atomic E-state index is 0.0309. The van der Waals surface area contributed by atoms with Gasteiger partial charge in [0.05, 0.1) is 12.8 Å². The maximum Gasteiger partial charge on any atom is 0.306 e. The number of aliphatic carboxylic acids is 1. The van der Waals surface area contributed by atoms with Gasteiger partial charge in [0.25, 0.3) is 0 Å². The number of carbonyl (C=O) groups excluding carboxylic acids is 1. The standard InChI is InChI=1S/C21H40O4/c1-4-5-6-7-8-9-10-11-12-13-14-15-19(18(2)3)25-21(24)17-16-20(22)23/h18-19H,4-17H2,1-3H3,(H,22,23). The van der Waals surface area contributed by atoms with Gasteiger partial charge in [-0.05, 0) is 18.8 Å². The number of hydrogen-bond acceptors (Lipinski definition) is 3. The summed E-state index contributed by atoms with van der Waals surface area (Å²) in [6.45, 7) is 6.35. The summed E-state index contributed by atoms with van der Waals surface area (Å²) in [5.41, 5.74) is 0. The number of carbonyl (C=O) groups is 2. The van der Waals surface area contributed by atoms with Crippen LogP contribution in [0.5, 0.6) is 0 Å². The monoisotopic (exact) mass is 356 g/mol. The van der Waals surface area contributed by atoms with Crippen molar-refractivity contribution in [2.75, 3.05) is 0 Å². The van der Waals surface area contributed by atoms with E-state index >= 15 is 0 Å². The predicted octanol–water partition coefficient (Wildman–Crippen LogP) is 6.12. The minimum atomic E-state index is -0.955. The third kappa shape index (κ3) is 16.2. The minimum Gasteiger partial charge on any atom is -0.481 e. The Kier molecular flexibility index (Phi) is 15.7. The molecule has 0 saturated carbocycles. The SMILES string of the molecule is CCCCCCCCCCCCCC(OC(=O)CCC(=O)O)C(C)C. The summed E-state index contributed by atoms with van der Waals surface area (Å²) in [6.07, 6.45) is 15.0. The van der Waals surface area contributed by atoms with Gasteiger partial charge in [-0.3, -0.25) is 9.59 Å². The van der Waals surface area contributed by atoms with E-state index in [4.69, 9.17) is 9.84 Å². The number of esters is 1. The van der Waals surface area contributed by atoms with E-state index in [-0.39, 0.29) is 30.8 Å². The first-order valence-electron chi connectivity index (χ1n) is 10.4. The first-order valence-corrected chi connectivity index (χ1v) is 10.4. The Morgan fingerprint density at radius 1 is 0.800 bits per heavy atom. The van der Waals surface area contributed by atoms with E-state index in [9.17, 15) is 9.59 Å². The molecule has 0 aromatic rings. The van der Waals surface area contributed by atoms with Gasteiger partial charge < -0.3 is 9.84 Å². The van der Waals surface area contributed by atoms with Gasteiger partial charge in [-0.1, -0.05) is 85.0 Å². The van der Waals surface area contributed by atoms with Crippen LogP contribution in [0.3, 0.4) is 0 Å². The molecule has 0 fully saturated rings. The van der Waals surface area contributed by atoms with Crippen molar-refractivity contribution in [1.82, 2.24) is 0 Å². The smallest absolute Gasteiger partial charge is 0.306 e. The van der Waals surface area contributed by atoms with E-state index in [0.29, 0.717) is 0 Å². The van der Waals surface area contributed by atoms with Gasteiger partial charge >= 0.3 is 11.9 Å². The van der Waals surface area contributed by atoms with Gasteiger partial charge in [0, 0.05) is 0 Å². The molecule has 4 nitrogen and oxygen atoms in total. The lowest BCUT2D eigenvalue weighted by Gasteiger charge is -2.21. The highest BCUT2D eigenvalue weighted by molar-refractivity contribution is 5.76. The Bertz CT molecular complexity index is 339. The van der Waals surface area contributed by atoms with Crippen molar-refractivity contribution in [3.63, 3.8) is 0 Å². The van der Waals surface area contributed by atoms with Crippen LogP contribution in [-0.4, -0.2) is 23.1 Å². The predicted molar refractivity (Wildman–Crippen MR) is 103 cm³/mol. The number of hydrogen-bond donors (Lipinski definition) is 1. The third-order valence-corrected chi connectivity index (χ3v) is 4.66. The molecule has 0 spiro atoms. The van der Waals surface area contributed by atoms with Gasteiger partial charge in [0.2, 0.25) is 0 Å². The fraction of sp³-hybridized carbons (Fsp3) is 0.905. The normalized spacial score (nSPS) is 12.3.